The zero-order chi connectivity index (χ0) is 19.9. The number of nitrogens with zero attached hydrogens (tertiary/aromatic N) is 1. The second kappa shape index (κ2) is 6.79. The maximum Gasteiger partial charge on any atom is 0.261 e. The van der Waals surface area contributed by atoms with Gasteiger partial charge in [-0.05, 0) is 68.3 Å². The summed E-state index contributed by atoms with van der Waals surface area (Å²) in [6, 6.07) is 11.6. The van der Waals surface area contributed by atoms with E-state index < -0.39 is 10.0 Å². The van der Waals surface area contributed by atoms with E-state index in [1.165, 1.54) is 6.07 Å². The first-order chi connectivity index (χ1) is 13.3. The number of fused-ring (bicyclic) bond motifs is 1. The molecule has 2 aromatic carbocycles. The molecule has 0 radical (unpaired) electrons. The summed E-state index contributed by atoms with van der Waals surface area (Å²) in [4.78, 5) is 15.9. The number of amides is 1. The van der Waals surface area contributed by atoms with Crippen LogP contribution in [0, 0.1) is 13.8 Å². The highest BCUT2D eigenvalue weighted by Gasteiger charge is 2.20. The van der Waals surface area contributed by atoms with Crippen LogP contribution in [0.25, 0.3) is 11.5 Å². The van der Waals surface area contributed by atoms with Gasteiger partial charge in [0.2, 0.25) is 11.8 Å². The van der Waals surface area contributed by atoms with E-state index in [2.05, 4.69) is 15.0 Å². The van der Waals surface area contributed by atoms with Crippen LogP contribution in [0.1, 0.15) is 23.4 Å². The minimum atomic E-state index is -3.74. The van der Waals surface area contributed by atoms with E-state index in [-0.39, 0.29) is 10.8 Å². The SMILES string of the molecule is Cc1nc(-c2ccc(NS(=O)(=O)c3ccc4c(c3)CCC(=O)N4)cc2)oc1C. The first kappa shape index (κ1) is 18.2. The van der Waals surface area contributed by atoms with Crippen LogP contribution in [-0.2, 0) is 21.2 Å². The van der Waals surface area contributed by atoms with Crippen LogP contribution in [0.2, 0.25) is 0 Å². The molecule has 1 aromatic heterocycles. The number of aryl methyl sites for hydroxylation is 3. The highest BCUT2D eigenvalue weighted by molar-refractivity contribution is 7.92. The molecule has 0 fully saturated rings. The number of sulfonamides is 1. The number of oxazole rings is 1. The van der Waals surface area contributed by atoms with Crippen molar-refractivity contribution >= 4 is 27.3 Å². The maximum absolute atomic E-state index is 12.7. The van der Waals surface area contributed by atoms with Crippen molar-refractivity contribution in [1.82, 2.24) is 4.98 Å². The van der Waals surface area contributed by atoms with Crippen molar-refractivity contribution in [3.8, 4) is 11.5 Å². The van der Waals surface area contributed by atoms with Crippen molar-refractivity contribution in [1.29, 1.82) is 0 Å². The van der Waals surface area contributed by atoms with Crippen molar-refractivity contribution in [3.63, 3.8) is 0 Å². The first-order valence-electron chi connectivity index (χ1n) is 8.82. The summed E-state index contributed by atoms with van der Waals surface area (Å²) < 4.78 is 33.6. The summed E-state index contributed by atoms with van der Waals surface area (Å²) in [6.07, 6.45) is 0.874. The van der Waals surface area contributed by atoms with Crippen LogP contribution < -0.4 is 10.0 Å². The first-order valence-corrected chi connectivity index (χ1v) is 10.3. The third-order valence-corrected chi connectivity index (χ3v) is 6.07. The minimum absolute atomic E-state index is 0.0576. The lowest BCUT2D eigenvalue weighted by molar-refractivity contribution is -0.116. The molecule has 0 saturated carbocycles. The summed E-state index contributed by atoms with van der Waals surface area (Å²) >= 11 is 0. The van der Waals surface area contributed by atoms with Crippen LogP contribution >= 0.6 is 0 Å². The molecule has 2 N–H and O–H groups in total. The van der Waals surface area contributed by atoms with Crippen LogP contribution in [0.4, 0.5) is 11.4 Å². The molecule has 1 amide bonds. The summed E-state index contributed by atoms with van der Waals surface area (Å²) in [5.41, 5.74) is 3.50. The predicted octanol–water partition coefficient (Wildman–Crippen LogP) is 3.64. The van der Waals surface area contributed by atoms with Gasteiger partial charge in [0.25, 0.3) is 10.0 Å². The Balaban J connectivity index is 1.55. The lowest BCUT2D eigenvalue weighted by Crippen LogP contribution is -2.20. The summed E-state index contributed by atoms with van der Waals surface area (Å²) in [5.74, 6) is 1.20. The van der Waals surface area contributed by atoms with Crippen LogP contribution in [0.15, 0.2) is 51.8 Å². The van der Waals surface area contributed by atoms with E-state index in [1.54, 1.807) is 36.4 Å². The van der Waals surface area contributed by atoms with Gasteiger partial charge >= 0.3 is 0 Å². The lowest BCUT2D eigenvalue weighted by Gasteiger charge is -2.18. The molecular formula is C20H19N3O4S. The highest BCUT2D eigenvalue weighted by Crippen LogP contribution is 2.27. The maximum atomic E-state index is 12.7. The molecule has 1 aliphatic heterocycles. The molecule has 2 heterocycles. The Hall–Kier alpha value is -3.13. The number of aromatic nitrogens is 1. The van der Waals surface area contributed by atoms with Gasteiger partial charge in [-0.3, -0.25) is 9.52 Å². The van der Waals surface area contributed by atoms with E-state index in [0.29, 0.717) is 30.1 Å². The monoisotopic (exact) mass is 397 g/mol. The second-order valence-electron chi connectivity index (χ2n) is 6.71. The zero-order valence-electron chi connectivity index (χ0n) is 15.4. The quantitative estimate of drug-likeness (QED) is 0.700. The van der Waals surface area contributed by atoms with Gasteiger partial charge in [0.15, 0.2) is 0 Å². The fourth-order valence-electron chi connectivity index (χ4n) is 3.02. The van der Waals surface area contributed by atoms with Gasteiger partial charge in [-0.15, -0.1) is 0 Å². The lowest BCUT2D eigenvalue weighted by atomic mass is 10.0. The number of carbonyl (C=O) groups is 1. The van der Waals surface area contributed by atoms with Crippen molar-refractivity contribution in [2.45, 2.75) is 31.6 Å². The van der Waals surface area contributed by atoms with Gasteiger partial charge in [-0.25, -0.2) is 13.4 Å². The topological polar surface area (TPSA) is 101 Å². The predicted molar refractivity (Wildman–Crippen MR) is 106 cm³/mol. The summed E-state index contributed by atoms with van der Waals surface area (Å²) in [7, 11) is -3.74. The second-order valence-corrected chi connectivity index (χ2v) is 8.39. The Morgan fingerprint density at radius 2 is 1.82 bits per heavy atom. The summed E-state index contributed by atoms with van der Waals surface area (Å²) in [6.45, 7) is 3.72. The number of nitrogens with one attached hydrogen (secondary N) is 2. The smallest absolute Gasteiger partial charge is 0.261 e. The van der Waals surface area contributed by atoms with E-state index >= 15 is 0 Å². The molecule has 4 rings (SSSR count). The molecule has 3 aromatic rings. The summed E-state index contributed by atoms with van der Waals surface area (Å²) in [5, 5.41) is 2.75. The van der Waals surface area contributed by atoms with Gasteiger partial charge in [0, 0.05) is 23.4 Å². The van der Waals surface area contributed by atoms with E-state index in [9.17, 15) is 13.2 Å². The number of hydrogen-bond donors (Lipinski definition) is 2. The van der Waals surface area contributed by atoms with Gasteiger partial charge < -0.3 is 9.73 Å². The number of rotatable bonds is 4. The minimum Gasteiger partial charge on any atom is -0.441 e. The Morgan fingerprint density at radius 1 is 1.07 bits per heavy atom. The third-order valence-electron chi connectivity index (χ3n) is 4.70. The van der Waals surface area contributed by atoms with Crippen LogP contribution in [0.5, 0.6) is 0 Å². The molecule has 7 nitrogen and oxygen atoms in total. The number of benzene rings is 2. The third kappa shape index (κ3) is 3.50. The van der Waals surface area contributed by atoms with Crippen molar-refractivity contribution in [3.05, 3.63) is 59.5 Å². The van der Waals surface area contributed by atoms with Gasteiger partial charge in [-0.1, -0.05) is 0 Å². The molecule has 0 spiro atoms. The van der Waals surface area contributed by atoms with Crippen LogP contribution in [-0.4, -0.2) is 19.3 Å². The average molecular weight is 397 g/mol. The molecule has 0 atom stereocenters. The van der Waals surface area contributed by atoms with Gasteiger partial charge in [-0.2, -0.15) is 0 Å². The number of carbonyl (C=O) groups excluding carboxylic acids is 1. The fourth-order valence-corrected chi connectivity index (χ4v) is 4.13. The molecule has 28 heavy (non-hydrogen) atoms. The molecule has 1 aliphatic rings. The molecule has 0 saturated heterocycles. The molecule has 8 heteroatoms. The Morgan fingerprint density at radius 3 is 2.50 bits per heavy atom. The molecular weight excluding hydrogens is 378 g/mol. The number of anilines is 2. The largest absolute Gasteiger partial charge is 0.441 e. The van der Waals surface area contributed by atoms with Crippen molar-refractivity contribution in [2.24, 2.45) is 0 Å². The van der Waals surface area contributed by atoms with Crippen molar-refractivity contribution in [2.75, 3.05) is 10.0 Å². The normalized spacial score (nSPS) is 13.7. The standard InChI is InChI=1S/C20H19N3O4S/c1-12-13(2)27-20(21-12)14-3-6-16(7-4-14)23-28(25,26)17-8-9-18-15(11-17)5-10-19(24)22-18/h3-4,6-9,11,23H,5,10H2,1-2H3,(H,22,24). The highest BCUT2D eigenvalue weighted by atomic mass is 32.2. The van der Waals surface area contributed by atoms with E-state index in [1.807, 2.05) is 13.8 Å². The Bertz CT molecular complexity index is 1150. The van der Waals surface area contributed by atoms with Gasteiger partial charge in [0.1, 0.15) is 5.76 Å². The fraction of sp³-hybridized carbons (Fsp3) is 0.200. The molecule has 0 bridgehead atoms. The molecule has 0 aliphatic carbocycles. The average Bonchev–Trinajstić information content (AvgIpc) is 3.00. The Kier molecular flexibility index (Phi) is 4.43. The van der Waals surface area contributed by atoms with E-state index in [4.69, 9.17) is 4.42 Å². The number of hydrogen-bond acceptors (Lipinski definition) is 5. The molecule has 144 valence electrons. The zero-order valence-corrected chi connectivity index (χ0v) is 16.3. The van der Waals surface area contributed by atoms with E-state index in [0.717, 1.165) is 22.6 Å². The van der Waals surface area contributed by atoms with Gasteiger partial charge in [0.05, 0.1) is 10.6 Å². The Labute approximate surface area is 162 Å². The van der Waals surface area contributed by atoms with Crippen molar-refractivity contribution < 1.29 is 17.6 Å². The molecule has 0 unspecified atom stereocenters. The van der Waals surface area contributed by atoms with Crippen LogP contribution in [0.3, 0.4) is 0 Å².